The van der Waals surface area contributed by atoms with Crippen molar-refractivity contribution in [3.63, 3.8) is 0 Å². The van der Waals surface area contributed by atoms with Crippen molar-refractivity contribution in [3.05, 3.63) is 46.3 Å². The molecule has 0 saturated carbocycles. The molecule has 21 heavy (non-hydrogen) atoms. The van der Waals surface area contributed by atoms with E-state index in [4.69, 9.17) is 15.0 Å². The van der Waals surface area contributed by atoms with E-state index < -0.39 is 12.3 Å². The smallest absolute Gasteiger partial charge is 0.328 e. The van der Waals surface area contributed by atoms with Gasteiger partial charge in [-0.25, -0.2) is 4.79 Å². The maximum absolute atomic E-state index is 12.0. The fourth-order valence-corrected chi connectivity index (χ4v) is 2.00. The van der Waals surface area contributed by atoms with Gasteiger partial charge in [-0.2, -0.15) is 0 Å². The van der Waals surface area contributed by atoms with Crippen LogP contribution in [0.15, 0.2) is 40.9 Å². The van der Waals surface area contributed by atoms with Crippen molar-refractivity contribution < 1.29 is 14.3 Å². The molecule has 0 saturated heterocycles. The van der Waals surface area contributed by atoms with E-state index in [-0.39, 0.29) is 12.6 Å². The minimum Gasteiger partial charge on any atom is -0.379 e. The lowest BCUT2D eigenvalue weighted by atomic mass is 10.2. The van der Waals surface area contributed by atoms with Gasteiger partial charge in [0, 0.05) is 29.1 Å². The molecule has 2 atom stereocenters. The fourth-order valence-electron chi connectivity index (χ4n) is 2.00. The molecule has 2 aliphatic rings. The molecule has 0 bridgehead atoms. The van der Waals surface area contributed by atoms with Gasteiger partial charge in [-0.1, -0.05) is 11.7 Å². The first-order valence-electron chi connectivity index (χ1n) is 6.53. The Labute approximate surface area is 122 Å². The summed E-state index contributed by atoms with van der Waals surface area (Å²) in [6.45, 7) is 8.22. The molecule has 2 heterocycles. The quantitative estimate of drug-likeness (QED) is 0.478. The minimum absolute atomic E-state index is 0.267. The second-order valence-electron chi connectivity index (χ2n) is 4.58. The second kappa shape index (κ2) is 6.45. The van der Waals surface area contributed by atoms with Crippen molar-refractivity contribution in [2.24, 2.45) is 5.11 Å². The molecular formula is C13H17N5O3. The van der Waals surface area contributed by atoms with Crippen LogP contribution in [0.5, 0.6) is 0 Å². The lowest BCUT2D eigenvalue weighted by Gasteiger charge is -2.30. The van der Waals surface area contributed by atoms with Gasteiger partial charge in [0.15, 0.2) is 6.23 Å². The third-order valence-electron chi connectivity index (χ3n) is 3.16. The van der Waals surface area contributed by atoms with Crippen molar-refractivity contribution in [2.75, 3.05) is 13.2 Å². The van der Waals surface area contributed by atoms with Crippen molar-refractivity contribution in [3.8, 4) is 0 Å². The number of hydrogen-bond donors (Lipinski definition) is 1. The van der Waals surface area contributed by atoms with E-state index in [0.29, 0.717) is 18.0 Å². The number of ether oxygens (including phenoxy) is 2. The highest BCUT2D eigenvalue weighted by Crippen LogP contribution is 2.26. The molecule has 2 amide bonds. The Morgan fingerprint density at radius 1 is 1.67 bits per heavy atom. The molecule has 0 spiro atoms. The number of urea groups is 1. The Morgan fingerprint density at radius 2 is 2.43 bits per heavy atom. The van der Waals surface area contributed by atoms with E-state index in [1.807, 2.05) is 13.8 Å². The lowest BCUT2D eigenvalue weighted by molar-refractivity contribution is -0.0412. The third-order valence-corrected chi connectivity index (χ3v) is 3.16. The number of carbonyl (C=O) groups excluding carboxylic acids is 1. The molecule has 1 N–H and O–H groups in total. The summed E-state index contributed by atoms with van der Waals surface area (Å²) in [7, 11) is 0. The molecule has 0 unspecified atom stereocenters. The Kier molecular flexibility index (Phi) is 4.64. The van der Waals surface area contributed by atoms with Crippen molar-refractivity contribution in [1.29, 1.82) is 0 Å². The highest BCUT2D eigenvalue weighted by atomic mass is 16.6. The van der Waals surface area contributed by atoms with Crippen LogP contribution in [0.25, 0.3) is 10.4 Å². The number of azide groups is 1. The Morgan fingerprint density at radius 3 is 3.10 bits per heavy atom. The summed E-state index contributed by atoms with van der Waals surface area (Å²) in [4.78, 5) is 16.2. The summed E-state index contributed by atoms with van der Waals surface area (Å²) in [6.07, 6.45) is 2.14. The van der Waals surface area contributed by atoms with Crippen LogP contribution in [0.2, 0.25) is 0 Å². The summed E-state index contributed by atoms with van der Waals surface area (Å²) in [5.74, 6) is 0. The molecule has 2 rings (SSSR count). The van der Waals surface area contributed by atoms with Gasteiger partial charge in [-0.3, -0.25) is 4.90 Å². The summed E-state index contributed by atoms with van der Waals surface area (Å²) < 4.78 is 11.0. The topological polar surface area (TPSA) is 99.6 Å². The van der Waals surface area contributed by atoms with Crippen LogP contribution in [0.4, 0.5) is 4.79 Å². The van der Waals surface area contributed by atoms with Gasteiger partial charge in [-0.15, -0.1) is 0 Å². The van der Waals surface area contributed by atoms with Crippen LogP contribution in [-0.2, 0) is 9.47 Å². The summed E-state index contributed by atoms with van der Waals surface area (Å²) in [5, 5.41) is 6.24. The maximum Gasteiger partial charge on any atom is 0.328 e. The van der Waals surface area contributed by atoms with Crippen LogP contribution < -0.4 is 5.32 Å². The summed E-state index contributed by atoms with van der Waals surface area (Å²) in [5.41, 5.74) is 10.4. The molecule has 0 aliphatic carbocycles. The van der Waals surface area contributed by atoms with Gasteiger partial charge < -0.3 is 14.8 Å². The number of amides is 2. The zero-order valence-corrected chi connectivity index (χ0v) is 11.9. The molecular weight excluding hydrogens is 274 g/mol. The summed E-state index contributed by atoms with van der Waals surface area (Å²) in [6, 6.07) is -0.343. The Bertz CT molecular complexity index is 562. The molecule has 0 aromatic rings. The molecule has 8 heteroatoms. The maximum atomic E-state index is 12.0. The van der Waals surface area contributed by atoms with Gasteiger partial charge in [0.1, 0.15) is 6.10 Å². The zero-order valence-electron chi connectivity index (χ0n) is 11.9. The average molecular weight is 291 g/mol. The van der Waals surface area contributed by atoms with Crippen molar-refractivity contribution in [2.45, 2.75) is 26.2 Å². The summed E-state index contributed by atoms with van der Waals surface area (Å²) >= 11 is 0. The van der Waals surface area contributed by atoms with Crippen LogP contribution in [0.3, 0.4) is 0 Å². The van der Waals surface area contributed by atoms with Gasteiger partial charge in [0.05, 0.1) is 6.61 Å². The third kappa shape index (κ3) is 3.25. The predicted octanol–water partition coefficient (Wildman–Crippen LogP) is 2.38. The largest absolute Gasteiger partial charge is 0.379 e. The van der Waals surface area contributed by atoms with Gasteiger partial charge >= 0.3 is 6.03 Å². The van der Waals surface area contributed by atoms with Crippen LogP contribution in [-0.4, -0.2) is 36.5 Å². The van der Waals surface area contributed by atoms with Crippen LogP contribution >= 0.6 is 0 Å². The van der Waals surface area contributed by atoms with Gasteiger partial charge in [-0.05, 0) is 31.0 Å². The minimum atomic E-state index is -0.640. The Hall–Kier alpha value is -2.28. The first kappa shape index (κ1) is 15.1. The number of carbonyl (C=O) groups is 1. The second-order valence-corrected chi connectivity index (χ2v) is 4.58. The molecule has 2 aliphatic heterocycles. The standard InChI is InChI=1S/C13H17N5O3/c1-4-20-7-11-10(16-17-14)5-12(21-11)18-6-8(2)9(3)15-13(18)19/h5-6,11-12H,3-4,7H2,1-2H3,(H,15,19)/t11-,12-/m1/s1. The van der Waals surface area contributed by atoms with E-state index in [2.05, 4.69) is 21.9 Å². The first-order chi connectivity index (χ1) is 10.1. The molecule has 0 radical (unpaired) electrons. The predicted molar refractivity (Wildman–Crippen MR) is 75.7 cm³/mol. The molecule has 0 aromatic carbocycles. The van der Waals surface area contributed by atoms with E-state index in [1.54, 1.807) is 12.3 Å². The zero-order chi connectivity index (χ0) is 15.4. The molecule has 112 valence electrons. The lowest BCUT2D eigenvalue weighted by Crippen LogP contribution is -2.45. The van der Waals surface area contributed by atoms with Gasteiger partial charge in [0.2, 0.25) is 0 Å². The SMILES string of the molecule is C=C1NC(=O)N([C@H]2C=C(N=[N+]=[N-])[C@@H](COCC)O2)C=C1C. The Balaban J connectivity index is 2.19. The van der Waals surface area contributed by atoms with Crippen LogP contribution in [0, 0.1) is 0 Å². The molecule has 0 aromatic heterocycles. The van der Waals surface area contributed by atoms with E-state index in [1.165, 1.54) is 4.90 Å². The van der Waals surface area contributed by atoms with E-state index >= 15 is 0 Å². The van der Waals surface area contributed by atoms with Crippen LogP contribution in [0.1, 0.15) is 13.8 Å². The fraction of sp³-hybridized carbons (Fsp3) is 0.462. The first-order valence-corrected chi connectivity index (χ1v) is 6.53. The van der Waals surface area contributed by atoms with Crippen molar-refractivity contribution in [1.82, 2.24) is 10.2 Å². The average Bonchev–Trinajstić information content (AvgIpc) is 2.84. The highest BCUT2D eigenvalue weighted by molar-refractivity contribution is 5.80. The van der Waals surface area contributed by atoms with E-state index in [9.17, 15) is 4.79 Å². The monoisotopic (exact) mass is 291 g/mol. The van der Waals surface area contributed by atoms with E-state index in [0.717, 1.165) is 5.57 Å². The van der Waals surface area contributed by atoms with Gasteiger partial charge in [0.25, 0.3) is 0 Å². The molecule has 0 fully saturated rings. The highest BCUT2D eigenvalue weighted by Gasteiger charge is 2.34. The number of nitrogens with one attached hydrogen (secondary N) is 1. The number of allylic oxidation sites excluding steroid dienone is 1. The van der Waals surface area contributed by atoms with Crippen molar-refractivity contribution >= 4 is 6.03 Å². The number of hydrogen-bond acceptors (Lipinski definition) is 4. The normalized spacial score (nSPS) is 25.1. The molecule has 8 nitrogen and oxygen atoms in total. The number of nitrogens with zero attached hydrogens (tertiary/aromatic N) is 4. The number of rotatable bonds is 5.